The highest BCUT2D eigenvalue weighted by molar-refractivity contribution is 5.49. The monoisotopic (exact) mass is 292 g/mol. The number of hydrogen-bond donors (Lipinski definition) is 1. The van der Waals surface area contributed by atoms with E-state index in [1.165, 1.54) is 19.3 Å². The zero-order chi connectivity index (χ0) is 15.2. The van der Waals surface area contributed by atoms with Gasteiger partial charge in [0.2, 0.25) is 0 Å². The highest BCUT2D eigenvalue weighted by atomic mass is 19.1. The van der Waals surface area contributed by atoms with Crippen LogP contribution in [0.4, 0.5) is 10.1 Å². The molecular weight excluding hydrogens is 263 g/mol. The van der Waals surface area contributed by atoms with Crippen molar-refractivity contribution in [2.45, 2.75) is 46.6 Å². The van der Waals surface area contributed by atoms with Crippen LogP contribution in [0.25, 0.3) is 0 Å². The molecule has 21 heavy (non-hydrogen) atoms. The smallest absolute Gasteiger partial charge is 0.146 e. The molecule has 1 saturated carbocycles. The first-order valence-electron chi connectivity index (χ1n) is 8.34. The van der Waals surface area contributed by atoms with Crippen molar-refractivity contribution in [3.63, 3.8) is 0 Å². The molecule has 0 heterocycles. The largest absolute Gasteiger partial charge is 0.369 e. The van der Waals surface area contributed by atoms with Crippen LogP contribution >= 0.6 is 0 Å². The Kier molecular flexibility index (Phi) is 6.04. The number of nitrogens with one attached hydrogen (secondary N) is 1. The molecule has 0 amide bonds. The van der Waals surface area contributed by atoms with Gasteiger partial charge in [-0.3, -0.25) is 0 Å². The number of hydrogen-bond acceptors (Lipinski definition) is 2. The average Bonchev–Trinajstić information content (AvgIpc) is 2.39. The first-order valence-corrected chi connectivity index (χ1v) is 8.34. The molecule has 0 atom stereocenters. The predicted octanol–water partition coefficient (Wildman–Crippen LogP) is 4.20. The van der Waals surface area contributed by atoms with Gasteiger partial charge >= 0.3 is 0 Å². The Labute approximate surface area is 128 Å². The molecule has 1 aromatic rings. The molecular formula is C18H29FN2. The Bertz CT molecular complexity index is 441. The van der Waals surface area contributed by atoms with Crippen molar-refractivity contribution in [1.29, 1.82) is 0 Å². The third-order valence-corrected chi connectivity index (χ3v) is 4.32. The second-order valence-corrected chi connectivity index (χ2v) is 6.65. The van der Waals surface area contributed by atoms with Gasteiger partial charge in [0.05, 0.1) is 5.69 Å². The maximum absolute atomic E-state index is 14.4. The fraction of sp³-hybridized carbons (Fsp3) is 0.667. The lowest BCUT2D eigenvalue weighted by molar-refractivity contribution is 0.318. The van der Waals surface area contributed by atoms with Gasteiger partial charge in [0.25, 0.3) is 0 Å². The zero-order valence-corrected chi connectivity index (χ0v) is 13.7. The van der Waals surface area contributed by atoms with Gasteiger partial charge in [-0.05, 0) is 55.8 Å². The Hall–Kier alpha value is -1.09. The van der Waals surface area contributed by atoms with Gasteiger partial charge in [-0.25, -0.2) is 4.39 Å². The van der Waals surface area contributed by atoms with Crippen LogP contribution in [0.2, 0.25) is 0 Å². The Morgan fingerprint density at radius 3 is 2.62 bits per heavy atom. The van der Waals surface area contributed by atoms with Gasteiger partial charge in [-0.2, -0.15) is 0 Å². The highest BCUT2D eigenvalue weighted by Gasteiger charge is 2.21. The van der Waals surface area contributed by atoms with E-state index >= 15 is 0 Å². The molecule has 0 radical (unpaired) electrons. The molecule has 3 heteroatoms. The third-order valence-electron chi connectivity index (χ3n) is 4.32. The SMILES string of the molecule is CCN(CC1CCC1)c1ccc(CNCC(C)C)cc1F. The quantitative estimate of drug-likeness (QED) is 0.772. The zero-order valence-electron chi connectivity index (χ0n) is 13.7. The molecule has 118 valence electrons. The van der Waals surface area contributed by atoms with Crippen LogP contribution in [0, 0.1) is 17.7 Å². The van der Waals surface area contributed by atoms with Crippen LogP contribution < -0.4 is 10.2 Å². The van der Waals surface area contributed by atoms with E-state index in [1.807, 2.05) is 6.07 Å². The summed E-state index contributed by atoms with van der Waals surface area (Å²) in [6.07, 6.45) is 3.94. The molecule has 0 bridgehead atoms. The molecule has 2 nitrogen and oxygen atoms in total. The number of benzene rings is 1. The van der Waals surface area contributed by atoms with E-state index in [1.54, 1.807) is 6.07 Å². The number of anilines is 1. The predicted molar refractivity (Wildman–Crippen MR) is 88.2 cm³/mol. The van der Waals surface area contributed by atoms with Crippen molar-refractivity contribution in [3.05, 3.63) is 29.6 Å². The number of halogens is 1. The standard InChI is InChI=1S/C18H29FN2/c1-4-21(13-15-6-5-7-15)18-9-8-16(10-17(18)19)12-20-11-14(2)3/h8-10,14-15,20H,4-7,11-13H2,1-3H3. The maximum Gasteiger partial charge on any atom is 0.146 e. The van der Waals surface area contributed by atoms with E-state index in [4.69, 9.17) is 0 Å². The summed E-state index contributed by atoms with van der Waals surface area (Å²) in [5, 5.41) is 3.36. The van der Waals surface area contributed by atoms with Crippen molar-refractivity contribution >= 4 is 5.69 Å². The van der Waals surface area contributed by atoms with Gasteiger partial charge in [0.15, 0.2) is 0 Å². The normalized spacial score (nSPS) is 15.3. The molecule has 1 N–H and O–H groups in total. The Balaban J connectivity index is 1.96. The first-order chi connectivity index (χ1) is 10.1. The molecule has 1 fully saturated rings. The van der Waals surface area contributed by atoms with Crippen molar-refractivity contribution in [2.75, 3.05) is 24.5 Å². The summed E-state index contributed by atoms with van der Waals surface area (Å²) < 4.78 is 14.4. The van der Waals surface area contributed by atoms with E-state index < -0.39 is 0 Å². The van der Waals surface area contributed by atoms with Crippen molar-refractivity contribution in [1.82, 2.24) is 5.32 Å². The molecule has 0 aromatic heterocycles. The summed E-state index contributed by atoms with van der Waals surface area (Å²) in [5.41, 5.74) is 1.79. The molecule has 1 aliphatic rings. The van der Waals surface area contributed by atoms with Crippen molar-refractivity contribution < 1.29 is 4.39 Å². The van der Waals surface area contributed by atoms with Gasteiger partial charge in [0, 0.05) is 19.6 Å². The Morgan fingerprint density at radius 1 is 1.33 bits per heavy atom. The minimum Gasteiger partial charge on any atom is -0.369 e. The van der Waals surface area contributed by atoms with E-state index in [-0.39, 0.29) is 5.82 Å². The van der Waals surface area contributed by atoms with Crippen LogP contribution in [0.5, 0.6) is 0 Å². The van der Waals surface area contributed by atoms with Crippen LogP contribution in [0.3, 0.4) is 0 Å². The fourth-order valence-corrected chi connectivity index (χ4v) is 2.81. The maximum atomic E-state index is 14.4. The minimum atomic E-state index is -0.0833. The average molecular weight is 292 g/mol. The van der Waals surface area contributed by atoms with Gasteiger partial charge in [-0.15, -0.1) is 0 Å². The lowest BCUT2D eigenvalue weighted by atomic mass is 9.85. The van der Waals surface area contributed by atoms with Gasteiger partial charge in [-0.1, -0.05) is 26.3 Å². The number of nitrogens with zero attached hydrogens (tertiary/aromatic N) is 1. The molecule has 0 saturated heterocycles. The van der Waals surface area contributed by atoms with E-state index in [2.05, 4.69) is 37.1 Å². The lowest BCUT2D eigenvalue weighted by Crippen LogP contribution is -2.33. The molecule has 0 aliphatic heterocycles. The molecule has 1 aromatic carbocycles. The second kappa shape index (κ2) is 7.79. The molecule has 1 aliphatic carbocycles. The van der Waals surface area contributed by atoms with E-state index in [0.29, 0.717) is 5.92 Å². The summed E-state index contributed by atoms with van der Waals surface area (Å²) in [5.74, 6) is 1.30. The Morgan fingerprint density at radius 2 is 2.10 bits per heavy atom. The fourth-order valence-electron chi connectivity index (χ4n) is 2.81. The van der Waals surface area contributed by atoms with Gasteiger partial charge < -0.3 is 10.2 Å². The van der Waals surface area contributed by atoms with Crippen LogP contribution in [-0.4, -0.2) is 19.6 Å². The topological polar surface area (TPSA) is 15.3 Å². The summed E-state index contributed by atoms with van der Waals surface area (Å²) in [6.45, 7) is 10.0. The number of rotatable bonds is 8. The minimum absolute atomic E-state index is 0.0833. The highest BCUT2D eigenvalue weighted by Crippen LogP contribution is 2.30. The molecule has 0 unspecified atom stereocenters. The third kappa shape index (κ3) is 4.70. The molecule has 0 spiro atoms. The molecule has 2 rings (SSSR count). The first kappa shape index (κ1) is 16.3. The second-order valence-electron chi connectivity index (χ2n) is 6.65. The van der Waals surface area contributed by atoms with Crippen LogP contribution in [-0.2, 0) is 6.54 Å². The summed E-state index contributed by atoms with van der Waals surface area (Å²) in [4.78, 5) is 2.19. The van der Waals surface area contributed by atoms with E-state index in [0.717, 1.165) is 43.3 Å². The summed E-state index contributed by atoms with van der Waals surface area (Å²) >= 11 is 0. The summed E-state index contributed by atoms with van der Waals surface area (Å²) in [6, 6.07) is 5.69. The lowest BCUT2D eigenvalue weighted by Gasteiger charge is -2.33. The van der Waals surface area contributed by atoms with Gasteiger partial charge in [0.1, 0.15) is 5.82 Å². The van der Waals surface area contributed by atoms with Crippen LogP contribution in [0.15, 0.2) is 18.2 Å². The van der Waals surface area contributed by atoms with E-state index in [9.17, 15) is 4.39 Å². The van der Waals surface area contributed by atoms with Crippen molar-refractivity contribution in [2.24, 2.45) is 11.8 Å². The van der Waals surface area contributed by atoms with Crippen molar-refractivity contribution in [3.8, 4) is 0 Å². The summed E-state index contributed by atoms with van der Waals surface area (Å²) in [7, 11) is 0. The van der Waals surface area contributed by atoms with Crippen LogP contribution in [0.1, 0.15) is 45.6 Å².